The van der Waals surface area contributed by atoms with Crippen LogP contribution in [0.5, 0.6) is 0 Å². The van der Waals surface area contributed by atoms with Gasteiger partial charge in [-0.05, 0) is 63.3 Å². The summed E-state index contributed by atoms with van der Waals surface area (Å²) in [5, 5.41) is 4.12. The third-order valence-corrected chi connectivity index (χ3v) is 4.12. The van der Waals surface area contributed by atoms with Crippen molar-refractivity contribution in [2.75, 3.05) is 0 Å². The number of amides is 1. The van der Waals surface area contributed by atoms with E-state index in [0.717, 1.165) is 12.8 Å². The van der Waals surface area contributed by atoms with Crippen LogP contribution >= 0.6 is 27.3 Å². The first-order valence-corrected chi connectivity index (χ1v) is 7.55. The number of hydrogen-bond donors (Lipinski definition) is 0. The minimum Gasteiger partial charge on any atom is -0.444 e. The maximum Gasteiger partial charge on any atom is 0.290 e. The van der Waals surface area contributed by atoms with Gasteiger partial charge in [-0.3, -0.25) is 4.79 Å². The minimum absolute atomic E-state index is 0.0191. The van der Waals surface area contributed by atoms with Crippen LogP contribution in [0.15, 0.2) is 38.0 Å². The smallest absolute Gasteiger partial charge is 0.290 e. The van der Waals surface area contributed by atoms with Gasteiger partial charge in [-0.25, -0.2) is 0 Å². The van der Waals surface area contributed by atoms with Crippen molar-refractivity contribution in [2.24, 2.45) is 0 Å². The molecule has 1 saturated carbocycles. The maximum atomic E-state index is 12.4. The molecular formula is C13H12BrNO2S. The summed E-state index contributed by atoms with van der Waals surface area (Å²) in [5.74, 6) is 0.387. The summed E-state index contributed by atoms with van der Waals surface area (Å²) in [6.45, 7) is 0.672. The first-order chi connectivity index (χ1) is 8.74. The lowest BCUT2D eigenvalue weighted by atomic mass is 10.3. The lowest BCUT2D eigenvalue weighted by molar-refractivity contribution is 0.0696. The van der Waals surface area contributed by atoms with Gasteiger partial charge in [0.05, 0.1) is 0 Å². The van der Waals surface area contributed by atoms with Crippen LogP contribution in [0, 0.1) is 0 Å². The number of carbonyl (C=O) groups excluding carboxylic acids is 1. The van der Waals surface area contributed by atoms with Crippen LogP contribution in [0.25, 0.3) is 0 Å². The fraction of sp³-hybridized carbons (Fsp3) is 0.308. The Kier molecular flexibility index (Phi) is 3.26. The molecule has 1 aliphatic rings. The SMILES string of the molecule is O=C(c1ccc(Br)o1)N(Cc1ccsc1)C1CC1. The predicted molar refractivity (Wildman–Crippen MR) is 73.6 cm³/mol. The summed E-state index contributed by atoms with van der Waals surface area (Å²) in [7, 11) is 0. The van der Waals surface area contributed by atoms with Gasteiger partial charge in [-0.15, -0.1) is 0 Å². The monoisotopic (exact) mass is 325 g/mol. The van der Waals surface area contributed by atoms with Crippen LogP contribution in [0.1, 0.15) is 29.0 Å². The number of hydrogen-bond acceptors (Lipinski definition) is 3. The molecule has 0 aliphatic heterocycles. The highest BCUT2D eigenvalue weighted by Crippen LogP contribution is 2.30. The molecular weight excluding hydrogens is 314 g/mol. The first kappa shape index (κ1) is 12.0. The van der Waals surface area contributed by atoms with Crippen molar-refractivity contribution in [1.29, 1.82) is 0 Å². The van der Waals surface area contributed by atoms with Crippen LogP contribution in [0.3, 0.4) is 0 Å². The maximum absolute atomic E-state index is 12.4. The fourth-order valence-corrected chi connectivity index (χ4v) is 2.87. The molecule has 2 heterocycles. The van der Waals surface area contributed by atoms with E-state index >= 15 is 0 Å². The summed E-state index contributed by atoms with van der Waals surface area (Å²) in [5.41, 5.74) is 1.19. The van der Waals surface area contributed by atoms with Gasteiger partial charge in [0.1, 0.15) is 0 Å². The molecule has 2 aromatic rings. The van der Waals surface area contributed by atoms with E-state index in [1.165, 1.54) is 5.56 Å². The molecule has 0 radical (unpaired) electrons. The van der Waals surface area contributed by atoms with Crippen molar-refractivity contribution in [2.45, 2.75) is 25.4 Å². The van der Waals surface area contributed by atoms with Gasteiger partial charge in [0, 0.05) is 12.6 Å². The topological polar surface area (TPSA) is 33.5 Å². The molecule has 1 aliphatic carbocycles. The second kappa shape index (κ2) is 4.90. The summed E-state index contributed by atoms with van der Waals surface area (Å²) in [4.78, 5) is 14.3. The number of thiophene rings is 1. The minimum atomic E-state index is -0.0191. The zero-order chi connectivity index (χ0) is 12.5. The van der Waals surface area contributed by atoms with Gasteiger partial charge in [0.2, 0.25) is 0 Å². The molecule has 0 unspecified atom stereocenters. The van der Waals surface area contributed by atoms with E-state index in [1.54, 1.807) is 23.5 Å². The molecule has 94 valence electrons. The van der Waals surface area contributed by atoms with Crippen LogP contribution in [0.4, 0.5) is 0 Å². The van der Waals surface area contributed by atoms with Crippen LogP contribution in [0.2, 0.25) is 0 Å². The third kappa shape index (κ3) is 2.52. The quantitative estimate of drug-likeness (QED) is 0.853. The Morgan fingerprint density at radius 1 is 1.44 bits per heavy atom. The van der Waals surface area contributed by atoms with Crippen LogP contribution < -0.4 is 0 Å². The summed E-state index contributed by atoms with van der Waals surface area (Å²) in [6, 6.07) is 5.91. The second-order valence-corrected chi connectivity index (χ2v) is 5.96. The average Bonchev–Trinajstić information content (AvgIpc) is 2.88. The number of nitrogens with zero attached hydrogens (tertiary/aromatic N) is 1. The van der Waals surface area contributed by atoms with E-state index < -0.39 is 0 Å². The molecule has 3 rings (SSSR count). The van der Waals surface area contributed by atoms with Gasteiger partial charge in [-0.2, -0.15) is 11.3 Å². The molecule has 0 N–H and O–H groups in total. The van der Waals surface area contributed by atoms with Crippen LogP contribution in [-0.2, 0) is 6.54 Å². The molecule has 1 amide bonds. The zero-order valence-electron chi connectivity index (χ0n) is 9.64. The second-order valence-electron chi connectivity index (χ2n) is 4.40. The Morgan fingerprint density at radius 3 is 2.83 bits per heavy atom. The standard InChI is InChI=1S/C13H12BrNO2S/c14-12-4-3-11(17-12)13(16)15(10-1-2-10)7-9-5-6-18-8-9/h3-6,8,10H,1-2,7H2. The highest BCUT2D eigenvalue weighted by molar-refractivity contribution is 9.10. The molecule has 2 aromatic heterocycles. The first-order valence-electron chi connectivity index (χ1n) is 5.81. The highest BCUT2D eigenvalue weighted by atomic mass is 79.9. The van der Waals surface area contributed by atoms with E-state index in [9.17, 15) is 4.79 Å². The lowest BCUT2D eigenvalue weighted by Gasteiger charge is -2.20. The van der Waals surface area contributed by atoms with Crippen LogP contribution in [-0.4, -0.2) is 16.8 Å². The predicted octanol–water partition coefficient (Wildman–Crippen LogP) is 3.91. The Bertz CT molecular complexity index is 545. The van der Waals surface area contributed by atoms with Crippen molar-refractivity contribution >= 4 is 33.2 Å². The van der Waals surface area contributed by atoms with Gasteiger partial charge in [0.25, 0.3) is 5.91 Å². The number of furan rings is 1. The van der Waals surface area contributed by atoms with Crippen molar-refractivity contribution in [3.05, 3.63) is 45.0 Å². The highest BCUT2D eigenvalue weighted by Gasteiger charge is 2.34. The molecule has 0 aromatic carbocycles. The molecule has 0 saturated heterocycles. The molecule has 3 nitrogen and oxygen atoms in total. The van der Waals surface area contributed by atoms with Crippen molar-refractivity contribution in [3.63, 3.8) is 0 Å². The number of halogens is 1. The van der Waals surface area contributed by atoms with E-state index in [4.69, 9.17) is 4.42 Å². The Labute approximate surface area is 118 Å². The molecule has 1 fully saturated rings. The third-order valence-electron chi connectivity index (χ3n) is 2.97. The van der Waals surface area contributed by atoms with Crippen molar-refractivity contribution in [3.8, 4) is 0 Å². The Morgan fingerprint density at radius 2 is 2.28 bits per heavy atom. The largest absolute Gasteiger partial charge is 0.444 e. The van der Waals surface area contributed by atoms with Gasteiger partial charge < -0.3 is 9.32 Å². The van der Waals surface area contributed by atoms with Gasteiger partial charge in [0.15, 0.2) is 10.4 Å². The summed E-state index contributed by atoms with van der Waals surface area (Å²) >= 11 is 4.88. The Balaban J connectivity index is 1.79. The zero-order valence-corrected chi connectivity index (χ0v) is 12.0. The average molecular weight is 326 g/mol. The van der Waals surface area contributed by atoms with Gasteiger partial charge in [-0.1, -0.05) is 0 Å². The Hall–Kier alpha value is -1.07. The number of rotatable bonds is 4. The number of carbonyl (C=O) groups is 1. The van der Waals surface area contributed by atoms with E-state index in [-0.39, 0.29) is 5.91 Å². The van der Waals surface area contributed by atoms with Gasteiger partial charge >= 0.3 is 0 Å². The van der Waals surface area contributed by atoms with E-state index in [0.29, 0.717) is 23.0 Å². The lowest BCUT2D eigenvalue weighted by Crippen LogP contribution is -2.32. The molecule has 0 bridgehead atoms. The summed E-state index contributed by atoms with van der Waals surface area (Å²) < 4.78 is 5.95. The molecule has 5 heteroatoms. The van der Waals surface area contributed by atoms with Crippen molar-refractivity contribution < 1.29 is 9.21 Å². The summed E-state index contributed by atoms with van der Waals surface area (Å²) in [6.07, 6.45) is 2.19. The fourth-order valence-electron chi connectivity index (χ4n) is 1.90. The molecule has 0 spiro atoms. The van der Waals surface area contributed by atoms with E-state index in [2.05, 4.69) is 27.4 Å². The van der Waals surface area contributed by atoms with E-state index in [1.807, 2.05) is 10.3 Å². The normalized spacial score (nSPS) is 14.7. The molecule has 0 atom stereocenters. The molecule has 18 heavy (non-hydrogen) atoms. The van der Waals surface area contributed by atoms with Crippen molar-refractivity contribution in [1.82, 2.24) is 4.90 Å².